The highest BCUT2D eigenvalue weighted by Gasteiger charge is 2.37. The van der Waals surface area contributed by atoms with Crippen LogP contribution in [0.5, 0.6) is 0 Å². The average Bonchev–Trinajstić information content (AvgIpc) is 3.18. The van der Waals surface area contributed by atoms with Gasteiger partial charge in [0.05, 0.1) is 6.26 Å². The minimum absolute atomic E-state index is 0.146. The molecular weight excluding hydrogens is 336 g/mol. The second-order valence-electron chi connectivity index (χ2n) is 6.21. The summed E-state index contributed by atoms with van der Waals surface area (Å²) in [5.74, 6) is -1.82. The lowest BCUT2D eigenvalue weighted by Crippen LogP contribution is -2.55. The zero-order chi connectivity index (χ0) is 18.7. The molecule has 2 unspecified atom stereocenters. The molecular formula is C19H20N2O5. The molecule has 7 nitrogen and oxygen atoms in total. The number of hydrogen-bond acceptors (Lipinski definition) is 4. The van der Waals surface area contributed by atoms with Crippen LogP contribution in [-0.4, -0.2) is 39.9 Å². The van der Waals surface area contributed by atoms with E-state index in [4.69, 9.17) is 4.42 Å². The number of carboxylic acid groups (broad SMARTS) is 1. The van der Waals surface area contributed by atoms with Crippen LogP contribution in [-0.2, 0) is 22.6 Å². The van der Waals surface area contributed by atoms with Gasteiger partial charge in [-0.2, -0.15) is 0 Å². The number of amides is 2. The third kappa shape index (κ3) is 3.46. The highest BCUT2D eigenvalue weighted by atomic mass is 16.4. The first kappa shape index (κ1) is 17.7. The molecule has 1 aliphatic heterocycles. The number of benzene rings is 1. The van der Waals surface area contributed by atoms with Crippen molar-refractivity contribution in [3.8, 4) is 0 Å². The fourth-order valence-electron chi connectivity index (χ4n) is 3.12. The molecule has 1 aromatic carbocycles. The second kappa shape index (κ2) is 7.43. The lowest BCUT2D eigenvalue weighted by atomic mass is 9.93. The van der Waals surface area contributed by atoms with E-state index in [9.17, 15) is 19.5 Å². The molecule has 2 amide bonds. The molecule has 3 rings (SSSR count). The Balaban J connectivity index is 1.89. The number of carbonyl (C=O) groups excluding carboxylic acids is 2. The van der Waals surface area contributed by atoms with Crippen molar-refractivity contribution < 1.29 is 23.9 Å². The van der Waals surface area contributed by atoms with Crippen molar-refractivity contribution in [3.05, 3.63) is 59.5 Å². The van der Waals surface area contributed by atoms with Gasteiger partial charge in [0.15, 0.2) is 5.76 Å². The molecule has 0 bridgehead atoms. The lowest BCUT2D eigenvalue weighted by Gasteiger charge is -2.36. The maximum Gasteiger partial charge on any atom is 0.326 e. The van der Waals surface area contributed by atoms with E-state index < -0.39 is 29.9 Å². The summed E-state index contributed by atoms with van der Waals surface area (Å²) < 4.78 is 5.19. The van der Waals surface area contributed by atoms with Gasteiger partial charge in [0, 0.05) is 13.0 Å². The Hall–Kier alpha value is -3.09. The van der Waals surface area contributed by atoms with Gasteiger partial charge in [-0.3, -0.25) is 9.59 Å². The third-order valence-corrected chi connectivity index (χ3v) is 4.57. The monoisotopic (exact) mass is 356 g/mol. The van der Waals surface area contributed by atoms with E-state index >= 15 is 0 Å². The number of carbonyl (C=O) groups is 3. The van der Waals surface area contributed by atoms with Crippen molar-refractivity contribution in [1.29, 1.82) is 0 Å². The van der Waals surface area contributed by atoms with Gasteiger partial charge in [-0.15, -0.1) is 0 Å². The predicted octanol–water partition coefficient (Wildman–Crippen LogP) is 1.83. The molecule has 0 saturated heterocycles. The van der Waals surface area contributed by atoms with Crippen LogP contribution in [0.4, 0.5) is 0 Å². The topological polar surface area (TPSA) is 99.9 Å². The fraction of sp³-hybridized carbons (Fsp3) is 0.316. The Morgan fingerprint density at radius 2 is 1.96 bits per heavy atom. The summed E-state index contributed by atoms with van der Waals surface area (Å²) in [7, 11) is 0. The first-order valence-corrected chi connectivity index (χ1v) is 8.45. The summed E-state index contributed by atoms with van der Waals surface area (Å²) >= 11 is 0. The number of rotatable bonds is 5. The number of fused-ring (bicyclic) bond motifs is 1. The zero-order valence-corrected chi connectivity index (χ0v) is 14.3. The molecule has 1 aliphatic rings. The van der Waals surface area contributed by atoms with Gasteiger partial charge < -0.3 is 19.7 Å². The normalized spacial score (nSPS) is 17.3. The molecule has 2 aromatic rings. The molecule has 136 valence electrons. The Bertz CT molecular complexity index is 815. The molecule has 0 fully saturated rings. The van der Waals surface area contributed by atoms with Crippen LogP contribution in [0.3, 0.4) is 0 Å². The average molecular weight is 356 g/mol. The number of hydrogen-bond donors (Lipinski definition) is 2. The summed E-state index contributed by atoms with van der Waals surface area (Å²) in [5, 5.41) is 11.7. The minimum atomic E-state index is -1.10. The van der Waals surface area contributed by atoms with Crippen molar-refractivity contribution in [2.45, 2.75) is 38.4 Å². The van der Waals surface area contributed by atoms with Gasteiger partial charge >= 0.3 is 5.97 Å². The van der Waals surface area contributed by atoms with E-state index in [1.54, 1.807) is 19.1 Å². The fourth-order valence-corrected chi connectivity index (χ4v) is 3.12. The maximum atomic E-state index is 12.8. The van der Waals surface area contributed by atoms with Crippen molar-refractivity contribution >= 4 is 17.8 Å². The van der Waals surface area contributed by atoms with Crippen molar-refractivity contribution in [1.82, 2.24) is 10.2 Å². The zero-order valence-electron chi connectivity index (χ0n) is 14.3. The van der Waals surface area contributed by atoms with E-state index in [0.29, 0.717) is 6.42 Å². The van der Waals surface area contributed by atoms with Gasteiger partial charge in [0.25, 0.3) is 5.91 Å². The van der Waals surface area contributed by atoms with Crippen LogP contribution in [0.2, 0.25) is 0 Å². The van der Waals surface area contributed by atoms with Crippen LogP contribution in [0.25, 0.3) is 0 Å². The first-order valence-electron chi connectivity index (χ1n) is 8.45. The molecule has 1 aromatic heterocycles. The summed E-state index contributed by atoms with van der Waals surface area (Å²) in [6.07, 6.45) is 1.98. The Morgan fingerprint density at radius 3 is 2.58 bits per heavy atom. The highest BCUT2D eigenvalue weighted by molar-refractivity contribution is 5.96. The number of aliphatic carboxylic acids is 1. The van der Waals surface area contributed by atoms with Crippen molar-refractivity contribution in [2.75, 3.05) is 0 Å². The van der Waals surface area contributed by atoms with Gasteiger partial charge in [-0.1, -0.05) is 31.2 Å². The molecule has 0 saturated carbocycles. The summed E-state index contributed by atoms with van der Waals surface area (Å²) in [4.78, 5) is 38.3. The molecule has 0 aliphatic carbocycles. The standard InChI is InChI=1S/C19H20N2O5/c1-2-14(19(24)25)20-17(22)15-10-12-6-3-4-7-13(12)11-21(15)18(23)16-8-5-9-26-16/h3-9,14-15H,2,10-11H2,1H3,(H,20,22)(H,24,25). The number of furan rings is 1. The van der Waals surface area contributed by atoms with E-state index in [0.717, 1.165) is 11.1 Å². The lowest BCUT2D eigenvalue weighted by molar-refractivity contribution is -0.142. The third-order valence-electron chi connectivity index (χ3n) is 4.57. The molecule has 26 heavy (non-hydrogen) atoms. The number of carboxylic acids is 1. The van der Waals surface area contributed by atoms with E-state index in [1.807, 2.05) is 24.3 Å². The minimum Gasteiger partial charge on any atom is -0.480 e. The van der Waals surface area contributed by atoms with Crippen LogP contribution < -0.4 is 5.32 Å². The molecule has 0 spiro atoms. The molecule has 2 N–H and O–H groups in total. The van der Waals surface area contributed by atoms with Gasteiger partial charge in [0.2, 0.25) is 5.91 Å². The van der Waals surface area contributed by atoms with Crippen LogP contribution in [0.1, 0.15) is 35.0 Å². The van der Waals surface area contributed by atoms with Crippen LogP contribution in [0.15, 0.2) is 47.1 Å². The molecule has 2 heterocycles. The van der Waals surface area contributed by atoms with Gasteiger partial charge in [-0.25, -0.2) is 4.79 Å². The molecule has 7 heteroatoms. The summed E-state index contributed by atoms with van der Waals surface area (Å²) in [6, 6.07) is 8.96. The molecule has 2 atom stereocenters. The highest BCUT2D eigenvalue weighted by Crippen LogP contribution is 2.25. The van der Waals surface area contributed by atoms with Crippen LogP contribution in [0, 0.1) is 0 Å². The van der Waals surface area contributed by atoms with E-state index in [-0.39, 0.29) is 18.7 Å². The summed E-state index contributed by atoms with van der Waals surface area (Å²) in [6.45, 7) is 1.94. The van der Waals surface area contributed by atoms with Gasteiger partial charge in [-0.05, 0) is 29.7 Å². The van der Waals surface area contributed by atoms with Crippen LogP contribution >= 0.6 is 0 Å². The largest absolute Gasteiger partial charge is 0.480 e. The first-order chi connectivity index (χ1) is 12.5. The summed E-state index contributed by atoms with van der Waals surface area (Å²) in [5.41, 5.74) is 1.93. The quantitative estimate of drug-likeness (QED) is 0.851. The SMILES string of the molecule is CCC(NC(=O)C1Cc2ccccc2CN1C(=O)c1ccco1)C(=O)O. The molecule has 0 radical (unpaired) electrons. The van der Waals surface area contributed by atoms with E-state index in [2.05, 4.69) is 5.32 Å². The maximum absolute atomic E-state index is 12.8. The Morgan fingerprint density at radius 1 is 1.23 bits per heavy atom. The van der Waals surface area contributed by atoms with Crippen molar-refractivity contribution in [3.63, 3.8) is 0 Å². The number of nitrogens with zero attached hydrogens (tertiary/aromatic N) is 1. The smallest absolute Gasteiger partial charge is 0.326 e. The second-order valence-corrected chi connectivity index (χ2v) is 6.21. The predicted molar refractivity (Wildman–Crippen MR) is 92.4 cm³/mol. The van der Waals surface area contributed by atoms with Crippen molar-refractivity contribution in [2.24, 2.45) is 0 Å². The van der Waals surface area contributed by atoms with Gasteiger partial charge in [0.1, 0.15) is 12.1 Å². The Kier molecular flexibility index (Phi) is 5.06. The number of nitrogens with one attached hydrogen (secondary N) is 1. The Labute approximate surface area is 150 Å². The van der Waals surface area contributed by atoms with E-state index in [1.165, 1.54) is 11.2 Å².